The van der Waals surface area contributed by atoms with Crippen molar-refractivity contribution in [2.45, 2.75) is 25.6 Å². The second kappa shape index (κ2) is 7.56. The van der Waals surface area contributed by atoms with E-state index in [1.165, 1.54) is 12.1 Å². The summed E-state index contributed by atoms with van der Waals surface area (Å²) in [7, 11) is 0. The summed E-state index contributed by atoms with van der Waals surface area (Å²) in [6.07, 6.45) is 1.04. The van der Waals surface area contributed by atoms with Gasteiger partial charge in [-0.15, -0.1) is 0 Å². The van der Waals surface area contributed by atoms with Crippen molar-refractivity contribution in [1.29, 1.82) is 0 Å². The Labute approximate surface area is 153 Å². The Hall–Kier alpha value is -2.24. The number of hydrogen-bond acceptors (Lipinski definition) is 4. The van der Waals surface area contributed by atoms with Crippen LogP contribution in [0.2, 0.25) is 0 Å². The van der Waals surface area contributed by atoms with Gasteiger partial charge in [-0.3, -0.25) is 4.90 Å². The van der Waals surface area contributed by atoms with Gasteiger partial charge >= 0.3 is 0 Å². The van der Waals surface area contributed by atoms with Gasteiger partial charge in [0.15, 0.2) is 0 Å². The highest BCUT2D eigenvalue weighted by atomic mass is 19.1. The van der Waals surface area contributed by atoms with E-state index in [1.807, 2.05) is 30.3 Å². The van der Waals surface area contributed by atoms with Crippen LogP contribution in [-0.2, 0) is 4.74 Å². The number of aliphatic imine (C=N–C) groups is 1. The predicted molar refractivity (Wildman–Crippen MR) is 102 cm³/mol. The molecule has 2 heterocycles. The van der Waals surface area contributed by atoms with E-state index in [4.69, 9.17) is 9.73 Å². The highest BCUT2D eigenvalue weighted by Gasteiger charge is 2.40. The molecule has 4 nitrogen and oxygen atoms in total. The first-order valence-corrected chi connectivity index (χ1v) is 9.27. The average molecular weight is 353 g/mol. The summed E-state index contributed by atoms with van der Waals surface area (Å²) in [6, 6.07) is 17.2. The number of nitrogens with zero attached hydrogens (tertiary/aromatic N) is 3. The van der Waals surface area contributed by atoms with Crippen LogP contribution in [0, 0.1) is 5.82 Å². The maximum atomic E-state index is 13.5. The van der Waals surface area contributed by atoms with E-state index < -0.39 is 0 Å². The van der Waals surface area contributed by atoms with Gasteiger partial charge in [-0.2, -0.15) is 0 Å². The van der Waals surface area contributed by atoms with Crippen molar-refractivity contribution in [3.8, 4) is 0 Å². The normalized spacial score (nSPS) is 23.9. The lowest BCUT2D eigenvalue weighted by Crippen LogP contribution is -2.50. The number of halogens is 1. The van der Waals surface area contributed by atoms with Crippen molar-refractivity contribution in [1.82, 2.24) is 4.90 Å². The first-order valence-electron chi connectivity index (χ1n) is 9.27. The van der Waals surface area contributed by atoms with Crippen LogP contribution in [-0.4, -0.2) is 49.2 Å². The quantitative estimate of drug-likeness (QED) is 0.842. The summed E-state index contributed by atoms with van der Waals surface area (Å²) in [6.45, 7) is 5.48. The van der Waals surface area contributed by atoms with Crippen molar-refractivity contribution in [3.05, 3.63) is 66.0 Å². The monoisotopic (exact) mass is 353 g/mol. The number of anilines is 1. The molecule has 0 N–H and O–H groups in total. The van der Waals surface area contributed by atoms with Gasteiger partial charge in [-0.1, -0.05) is 37.3 Å². The Kier molecular flexibility index (Phi) is 5.00. The van der Waals surface area contributed by atoms with Crippen LogP contribution < -0.4 is 4.90 Å². The molecule has 5 heteroatoms. The zero-order valence-corrected chi connectivity index (χ0v) is 15.0. The number of amidine groups is 1. The molecule has 0 aliphatic carbocycles. The van der Waals surface area contributed by atoms with Crippen molar-refractivity contribution in [3.63, 3.8) is 0 Å². The van der Waals surface area contributed by atoms with Crippen LogP contribution in [0.5, 0.6) is 0 Å². The molecule has 2 aromatic carbocycles. The smallest absolute Gasteiger partial charge is 0.137 e. The Balaban J connectivity index is 1.75. The largest absolute Gasteiger partial charge is 0.379 e. The highest BCUT2D eigenvalue weighted by Crippen LogP contribution is 2.32. The van der Waals surface area contributed by atoms with E-state index in [9.17, 15) is 4.39 Å². The molecule has 2 aromatic rings. The molecule has 26 heavy (non-hydrogen) atoms. The van der Waals surface area contributed by atoms with Crippen molar-refractivity contribution in [2.75, 3.05) is 31.2 Å². The van der Waals surface area contributed by atoms with Crippen LogP contribution in [0.25, 0.3) is 0 Å². The molecule has 136 valence electrons. The number of benzene rings is 2. The van der Waals surface area contributed by atoms with Gasteiger partial charge in [0.1, 0.15) is 17.8 Å². The van der Waals surface area contributed by atoms with Crippen LogP contribution in [0.3, 0.4) is 0 Å². The van der Waals surface area contributed by atoms with Gasteiger partial charge in [0.25, 0.3) is 0 Å². The Morgan fingerprint density at radius 3 is 2.38 bits per heavy atom. The van der Waals surface area contributed by atoms with E-state index >= 15 is 0 Å². The molecular formula is C21H24FN3O. The molecule has 4 rings (SSSR count). The SMILES string of the molecule is CCC1C(N2CCOCC2)N=C(c2ccccc2)N1c1ccc(F)cc1. The minimum Gasteiger partial charge on any atom is -0.379 e. The third-order valence-corrected chi connectivity index (χ3v) is 5.13. The van der Waals surface area contributed by atoms with E-state index in [0.717, 1.165) is 49.8 Å². The minimum absolute atomic E-state index is 0.0872. The maximum Gasteiger partial charge on any atom is 0.137 e. The van der Waals surface area contributed by atoms with Crippen LogP contribution in [0.15, 0.2) is 59.6 Å². The van der Waals surface area contributed by atoms with Crippen molar-refractivity contribution >= 4 is 11.5 Å². The van der Waals surface area contributed by atoms with E-state index in [2.05, 4.69) is 28.9 Å². The fourth-order valence-corrected chi connectivity index (χ4v) is 3.84. The number of ether oxygens (including phenoxy) is 1. The number of morpholine rings is 1. The fraction of sp³-hybridized carbons (Fsp3) is 0.381. The number of hydrogen-bond donors (Lipinski definition) is 0. The second-order valence-electron chi connectivity index (χ2n) is 6.70. The molecule has 0 amide bonds. The van der Waals surface area contributed by atoms with Gasteiger partial charge in [-0.25, -0.2) is 9.38 Å². The lowest BCUT2D eigenvalue weighted by atomic mass is 10.1. The summed E-state index contributed by atoms with van der Waals surface area (Å²) < 4.78 is 19.0. The molecule has 0 spiro atoms. The van der Waals surface area contributed by atoms with Crippen molar-refractivity contribution < 1.29 is 9.13 Å². The Bertz CT molecular complexity index is 757. The second-order valence-corrected chi connectivity index (χ2v) is 6.70. The molecule has 0 saturated carbocycles. The molecule has 1 fully saturated rings. The molecule has 0 aromatic heterocycles. The summed E-state index contributed by atoms with van der Waals surface area (Å²) in [5.41, 5.74) is 2.07. The first kappa shape index (κ1) is 17.2. The lowest BCUT2D eigenvalue weighted by Gasteiger charge is -2.36. The summed E-state index contributed by atoms with van der Waals surface area (Å²) >= 11 is 0. The molecule has 1 saturated heterocycles. The zero-order chi connectivity index (χ0) is 17.9. The summed E-state index contributed by atoms with van der Waals surface area (Å²) in [5, 5.41) is 0. The Morgan fingerprint density at radius 1 is 1.04 bits per heavy atom. The third kappa shape index (κ3) is 3.24. The minimum atomic E-state index is -0.219. The van der Waals surface area contributed by atoms with Gasteiger partial charge in [0.2, 0.25) is 0 Å². The third-order valence-electron chi connectivity index (χ3n) is 5.13. The van der Waals surface area contributed by atoms with Crippen LogP contribution in [0.1, 0.15) is 18.9 Å². The van der Waals surface area contributed by atoms with Crippen molar-refractivity contribution in [2.24, 2.45) is 4.99 Å². The van der Waals surface area contributed by atoms with Gasteiger partial charge in [0, 0.05) is 24.3 Å². The predicted octanol–water partition coefficient (Wildman–Crippen LogP) is 3.53. The van der Waals surface area contributed by atoms with E-state index in [-0.39, 0.29) is 18.0 Å². The first-order chi connectivity index (χ1) is 12.8. The van der Waals surface area contributed by atoms with Crippen LogP contribution in [0.4, 0.5) is 10.1 Å². The van der Waals surface area contributed by atoms with Crippen LogP contribution >= 0.6 is 0 Å². The molecule has 0 bridgehead atoms. The number of rotatable bonds is 4. The summed E-state index contributed by atoms with van der Waals surface area (Å²) in [4.78, 5) is 9.81. The topological polar surface area (TPSA) is 28.1 Å². The van der Waals surface area contributed by atoms with Gasteiger partial charge in [0.05, 0.1) is 19.3 Å². The van der Waals surface area contributed by atoms with E-state index in [1.54, 1.807) is 0 Å². The Morgan fingerprint density at radius 2 is 1.73 bits per heavy atom. The molecule has 2 aliphatic heterocycles. The molecule has 2 aliphatic rings. The maximum absolute atomic E-state index is 13.5. The van der Waals surface area contributed by atoms with Gasteiger partial charge in [-0.05, 0) is 30.7 Å². The average Bonchev–Trinajstić information content (AvgIpc) is 3.09. The summed E-state index contributed by atoms with van der Waals surface area (Å²) in [5.74, 6) is 0.740. The molecule has 2 atom stereocenters. The van der Waals surface area contributed by atoms with E-state index in [0.29, 0.717) is 0 Å². The highest BCUT2D eigenvalue weighted by molar-refractivity contribution is 6.11. The zero-order valence-electron chi connectivity index (χ0n) is 15.0. The van der Waals surface area contributed by atoms with Gasteiger partial charge < -0.3 is 9.64 Å². The lowest BCUT2D eigenvalue weighted by molar-refractivity contribution is 0.0150. The fourth-order valence-electron chi connectivity index (χ4n) is 3.84. The standard InChI is InChI=1S/C21H24FN3O/c1-2-19-21(24-12-14-26-15-13-24)23-20(16-6-4-3-5-7-16)25(19)18-10-8-17(22)9-11-18/h3-11,19,21H,2,12-15H2,1H3. The molecule has 2 unspecified atom stereocenters. The molecule has 0 radical (unpaired) electrons. The molecular weight excluding hydrogens is 329 g/mol.